The number of nitrogens with one attached hydrogen (secondary N) is 1. The third kappa shape index (κ3) is 5.23. The van der Waals surface area contributed by atoms with Crippen LogP contribution in [0.15, 0.2) is 35.5 Å². The van der Waals surface area contributed by atoms with Crippen LogP contribution in [0.1, 0.15) is 5.56 Å². The van der Waals surface area contributed by atoms with Crippen molar-refractivity contribution in [2.75, 3.05) is 17.7 Å². The number of oxime groups is 1. The molecule has 10 nitrogen and oxygen atoms in total. The number of carbonyl (C=O) groups excluding carboxylic acids is 3. The number of alkyl halides is 1. The van der Waals surface area contributed by atoms with E-state index in [1.54, 1.807) is 30.3 Å². The van der Waals surface area contributed by atoms with Gasteiger partial charge in [-0.25, -0.2) is 4.79 Å². The average molecular weight is 474 g/mol. The summed E-state index contributed by atoms with van der Waals surface area (Å²) in [6.07, 6.45) is 0. The summed E-state index contributed by atoms with van der Waals surface area (Å²) in [7, 11) is 0. The summed E-state index contributed by atoms with van der Waals surface area (Å²) in [5.41, 5.74) is 0.155. The van der Waals surface area contributed by atoms with Crippen LogP contribution in [0.5, 0.6) is 0 Å². The second-order valence-electron chi connectivity index (χ2n) is 5.48. The van der Waals surface area contributed by atoms with E-state index in [4.69, 9.17) is 10.3 Å². The molecule has 12 heteroatoms. The summed E-state index contributed by atoms with van der Waals surface area (Å²) in [4.78, 5) is 46.5. The van der Waals surface area contributed by atoms with Crippen LogP contribution in [-0.2, 0) is 23.9 Å². The van der Waals surface area contributed by atoms with E-state index < -0.39 is 42.4 Å². The Morgan fingerprint density at radius 2 is 1.96 bits per heavy atom. The van der Waals surface area contributed by atoms with Gasteiger partial charge in [0.25, 0.3) is 11.8 Å². The number of hydrogen-bond acceptors (Lipinski definition) is 8. The molecule has 150 valence electrons. The highest BCUT2D eigenvalue weighted by molar-refractivity contribution is 9.09. The fourth-order valence-electron chi connectivity index (χ4n) is 2.33. The Morgan fingerprint density at radius 1 is 1.29 bits per heavy atom. The highest BCUT2D eigenvalue weighted by Gasteiger charge is 2.48. The molecular weight excluding hydrogens is 458 g/mol. The SMILES string of the molecule is O=C(O)COC(=O)CSN1C(=O)[C@@H](NC(=O)/C(=N/O)c2ccccc2)[C@H]1CBr. The lowest BCUT2D eigenvalue weighted by atomic mass is 10.00. The predicted molar refractivity (Wildman–Crippen MR) is 102 cm³/mol. The summed E-state index contributed by atoms with van der Waals surface area (Å²) in [5.74, 6) is -3.47. The Labute approximate surface area is 172 Å². The highest BCUT2D eigenvalue weighted by atomic mass is 79.9. The van der Waals surface area contributed by atoms with Gasteiger partial charge in [0.2, 0.25) is 0 Å². The normalized spacial score (nSPS) is 19.0. The van der Waals surface area contributed by atoms with Crippen molar-refractivity contribution in [1.82, 2.24) is 9.62 Å². The van der Waals surface area contributed by atoms with Crippen LogP contribution in [0.25, 0.3) is 0 Å². The molecule has 0 saturated carbocycles. The Kier molecular flexibility index (Phi) is 7.81. The van der Waals surface area contributed by atoms with Gasteiger partial charge in [-0.15, -0.1) is 0 Å². The zero-order valence-corrected chi connectivity index (χ0v) is 16.7. The number of hydrogen-bond donors (Lipinski definition) is 3. The van der Waals surface area contributed by atoms with E-state index in [-0.39, 0.29) is 11.5 Å². The van der Waals surface area contributed by atoms with Crippen molar-refractivity contribution in [2.45, 2.75) is 12.1 Å². The fraction of sp³-hybridized carbons (Fsp3) is 0.312. The Morgan fingerprint density at radius 3 is 2.54 bits per heavy atom. The van der Waals surface area contributed by atoms with Crippen LogP contribution in [0.3, 0.4) is 0 Å². The zero-order valence-electron chi connectivity index (χ0n) is 14.3. The molecular formula is C16H16BrN3O7S. The number of carbonyl (C=O) groups is 4. The molecule has 1 aromatic carbocycles. The number of carboxylic acids is 1. The molecule has 2 atom stereocenters. The molecule has 0 aliphatic carbocycles. The Bertz CT molecular complexity index is 790. The van der Waals surface area contributed by atoms with Crippen molar-refractivity contribution in [3.05, 3.63) is 35.9 Å². The molecule has 1 aliphatic heterocycles. The minimum atomic E-state index is -1.28. The van der Waals surface area contributed by atoms with Gasteiger partial charge in [-0.1, -0.05) is 51.4 Å². The van der Waals surface area contributed by atoms with Crippen molar-refractivity contribution in [3.63, 3.8) is 0 Å². The first-order valence-corrected chi connectivity index (χ1v) is 9.93. The maximum atomic E-state index is 12.4. The molecule has 2 amide bonds. The zero-order chi connectivity index (χ0) is 20.7. The van der Waals surface area contributed by atoms with Gasteiger partial charge in [0.1, 0.15) is 11.8 Å². The molecule has 28 heavy (non-hydrogen) atoms. The minimum absolute atomic E-state index is 0.231. The number of aliphatic carboxylic acids is 1. The van der Waals surface area contributed by atoms with Crippen LogP contribution in [0.2, 0.25) is 0 Å². The van der Waals surface area contributed by atoms with Crippen LogP contribution < -0.4 is 5.32 Å². The first kappa shape index (κ1) is 21.7. The second-order valence-corrected chi connectivity index (χ2v) is 7.07. The van der Waals surface area contributed by atoms with E-state index >= 15 is 0 Å². The predicted octanol–water partition coefficient (Wildman–Crippen LogP) is 0.231. The molecule has 1 saturated heterocycles. The van der Waals surface area contributed by atoms with Gasteiger partial charge >= 0.3 is 11.9 Å². The number of ether oxygens (including phenoxy) is 1. The van der Waals surface area contributed by atoms with Crippen LogP contribution in [-0.4, -0.2) is 73.9 Å². The smallest absolute Gasteiger partial charge is 0.341 e. The van der Waals surface area contributed by atoms with Gasteiger partial charge in [0, 0.05) is 10.9 Å². The van der Waals surface area contributed by atoms with E-state index in [0.29, 0.717) is 10.9 Å². The molecule has 1 heterocycles. The molecule has 1 fully saturated rings. The van der Waals surface area contributed by atoms with Gasteiger partial charge in [-0.2, -0.15) is 0 Å². The van der Waals surface area contributed by atoms with Crippen molar-refractivity contribution in [3.8, 4) is 0 Å². The Hall–Kier alpha value is -2.60. The molecule has 0 radical (unpaired) electrons. The van der Waals surface area contributed by atoms with Crippen molar-refractivity contribution in [2.24, 2.45) is 5.16 Å². The van der Waals surface area contributed by atoms with Gasteiger partial charge < -0.3 is 20.4 Å². The molecule has 1 aliphatic rings. The first-order valence-electron chi connectivity index (χ1n) is 7.86. The molecule has 0 bridgehead atoms. The number of carboxylic acid groups (broad SMARTS) is 1. The van der Waals surface area contributed by atoms with E-state index in [1.807, 2.05) is 0 Å². The summed E-state index contributed by atoms with van der Waals surface area (Å²) in [6, 6.07) is 6.94. The lowest BCUT2D eigenvalue weighted by molar-refractivity contribution is -0.153. The Balaban J connectivity index is 1.93. The molecule has 0 spiro atoms. The molecule has 0 unspecified atom stereocenters. The summed E-state index contributed by atoms with van der Waals surface area (Å²) in [6.45, 7) is -0.753. The molecule has 0 aromatic heterocycles. The topological polar surface area (TPSA) is 146 Å². The molecule has 1 aromatic rings. The van der Waals surface area contributed by atoms with Crippen LogP contribution in [0.4, 0.5) is 0 Å². The number of amides is 2. The van der Waals surface area contributed by atoms with Crippen LogP contribution in [0, 0.1) is 0 Å². The van der Waals surface area contributed by atoms with Crippen LogP contribution >= 0.6 is 27.9 Å². The summed E-state index contributed by atoms with van der Waals surface area (Å²) < 4.78 is 5.78. The maximum absolute atomic E-state index is 12.4. The van der Waals surface area contributed by atoms with Crippen molar-refractivity contribution < 1.29 is 34.2 Å². The average Bonchev–Trinajstić information content (AvgIpc) is 2.69. The summed E-state index contributed by atoms with van der Waals surface area (Å²) in [5, 5.41) is 23.5. The largest absolute Gasteiger partial charge is 0.479 e. The quantitative estimate of drug-likeness (QED) is 0.0878. The minimum Gasteiger partial charge on any atom is -0.479 e. The van der Waals surface area contributed by atoms with Gasteiger partial charge in [0.15, 0.2) is 12.3 Å². The monoisotopic (exact) mass is 473 g/mol. The second kappa shape index (κ2) is 10.1. The third-order valence-corrected chi connectivity index (χ3v) is 5.41. The van der Waals surface area contributed by atoms with Crippen molar-refractivity contribution in [1.29, 1.82) is 0 Å². The standard InChI is InChI=1S/C16H16BrN3O7S/c17-6-10-14(16(25)20(10)28-8-12(23)27-7-11(21)22)18-15(24)13(19-26)9-4-2-1-3-5-9/h1-5,10,14,26H,6-8H2,(H,18,24)(H,21,22)/b19-13+/t10-,14+/m1/s1. The van der Waals surface area contributed by atoms with Gasteiger partial charge in [0.05, 0.1) is 6.04 Å². The summed E-state index contributed by atoms with van der Waals surface area (Å²) >= 11 is 4.11. The number of esters is 1. The number of nitrogens with zero attached hydrogens (tertiary/aromatic N) is 2. The third-order valence-electron chi connectivity index (χ3n) is 3.65. The van der Waals surface area contributed by atoms with E-state index in [2.05, 4.69) is 31.1 Å². The van der Waals surface area contributed by atoms with Gasteiger partial charge in [-0.05, 0) is 11.9 Å². The lowest BCUT2D eigenvalue weighted by Crippen LogP contribution is -2.69. The van der Waals surface area contributed by atoms with E-state index in [1.165, 1.54) is 4.31 Å². The number of halogens is 1. The molecule has 3 N–H and O–H groups in total. The number of benzene rings is 1. The van der Waals surface area contributed by atoms with E-state index in [9.17, 15) is 19.2 Å². The van der Waals surface area contributed by atoms with Crippen molar-refractivity contribution >= 4 is 57.3 Å². The lowest BCUT2D eigenvalue weighted by Gasteiger charge is -2.45. The number of rotatable bonds is 9. The first-order chi connectivity index (χ1) is 13.4. The fourth-order valence-corrected chi connectivity index (χ4v) is 4.14. The van der Waals surface area contributed by atoms with Gasteiger partial charge in [-0.3, -0.25) is 18.7 Å². The molecule has 2 rings (SSSR count). The highest BCUT2D eigenvalue weighted by Crippen LogP contribution is 2.30. The number of β-lactam (4-membered cyclic amide) rings is 1. The maximum Gasteiger partial charge on any atom is 0.341 e. The van der Waals surface area contributed by atoms with E-state index in [0.717, 1.165) is 11.9 Å².